The molecule has 0 saturated carbocycles. The van der Waals surface area contributed by atoms with Crippen LogP contribution in [-0.2, 0) is 16.0 Å². The highest BCUT2D eigenvalue weighted by molar-refractivity contribution is 5.81. The molecule has 1 unspecified atom stereocenters. The minimum atomic E-state index is -1.16. The van der Waals surface area contributed by atoms with Crippen molar-refractivity contribution in [1.82, 2.24) is 15.3 Å². The van der Waals surface area contributed by atoms with Crippen LogP contribution in [-0.4, -0.2) is 38.8 Å². The number of carbonyl (C=O) groups is 2. The number of hydrogen-bond donors (Lipinski definition) is 3. The van der Waals surface area contributed by atoms with Crippen LogP contribution in [0.2, 0.25) is 0 Å². The fourth-order valence-corrected chi connectivity index (χ4v) is 2.12. The number of aromatic amines is 1. The Morgan fingerprint density at radius 2 is 2.17 bits per heavy atom. The lowest BCUT2D eigenvalue weighted by atomic mass is 10.1. The molecule has 126 valence electrons. The van der Waals surface area contributed by atoms with Crippen molar-refractivity contribution >= 4 is 23.1 Å². The van der Waals surface area contributed by atoms with E-state index in [2.05, 4.69) is 15.3 Å². The van der Waals surface area contributed by atoms with Gasteiger partial charge in [-0.3, -0.25) is 0 Å². The van der Waals surface area contributed by atoms with Gasteiger partial charge in [-0.1, -0.05) is 6.07 Å². The molecule has 1 aromatic carbocycles. The van der Waals surface area contributed by atoms with Crippen molar-refractivity contribution in [2.24, 2.45) is 0 Å². The van der Waals surface area contributed by atoms with E-state index < -0.39 is 23.7 Å². The zero-order valence-corrected chi connectivity index (χ0v) is 13.6. The van der Waals surface area contributed by atoms with Gasteiger partial charge in [-0.25, -0.2) is 14.6 Å². The van der Waals surface area contributed by atoms with Gasteiger partial charge in [0, 0.05) is 6.42 Å². The van der Waals surface area contributed by atoms with Crippen LogP contribution in [0.25, 0.3) is 11.0 Å². The highest BCUT2D eigenvalue weighted by Crippen LogP contribution is 2.15. The molecule has 8 heteroatoms. The normalized spacial score (nSPS) is 12.4. The summed E-state index contributed by atoms with van der Waals surface area (Å²) in [7, 11) is 0. The van der Waals surface area contributed by atoms with Gasteiger partial charge in [0.2, 0.25) is 5.82 Å². The Labute approximate surface area is 138 Å². The number of aliphatic carboxylic acids is 1. The van der Waals surface area contributed by atoms with Gasteiger partial charge >= 0.3 is 12.1 Å². The molecule has 0 aliphatic heterocycles. The molecule has 0 aliphatic rings. The molecule has 0 spiro atoms. The third kappa shape index (κ3) is 4.46. The largest absolute Gasteiger partial charge is 0.480 e. The number of fused-ring (bicyclic) bond motifs is 1. The first-order valence-electron chi connectivity index (χ1n) is 7.29. The molecule has 0 fully saturated rings. The number of aromatic nitrogens is 2. The van der Waals surface area contributed by atoms with Crippen LogP contribution in [0.15, 0.2) is 18.2 Å². The highest BCUT2D eigenvalue weighted by atomic mass is 16.6. The molecule has 8 nitrogen and oxygen atoms in total. The zero-order valence-electron chi connectivity index (χ0n) is 13.6. The number of alkyl carbamates (subject to hydrolysis) is 1. The fraction of sp³-hybridized carbons (Fsp3) is 0.375. The van der Waals surface area contributed by atoms with Crippen LogP contribution < -0.4 is 5.32 Å². The SMILES string of the molecule is CC(C)(C)OC(=O)NC(Cc1ccc2nc(C#N)[nH]c2c1)C(=O)O. The summed E-state index contributed by atoms with van der Waals surface area (Å²) in [5.74, 6) is -0.980. The number of carboxylic acid groups (broad SMARTS) is 1. The fourth-order valence-electron chi connectivity index (χ4n) is 2.12. The minimum Gasteiger partial charge on any atom is -0.480 e. The topological polar surface area (TPSA) is 128 Å². The van der Waals surface area contributed by atoms with E-state index in [1.807, 2.05) is 6.07 Å². The Balaban J connectivity index is 2.14. The number of hydrogen-bond acceptors (Lipinski definition) is 5. The minimum absolute atomic E-state index is 0.0748. The molecule has 2 aromatic rings. The number of ether oxygens (including phenoxy) is 1. The third-order valence-corrected chi connectivity index (χ3v) is 3.08. The van der Waals surface area contributed by atoms with Crippen molar-refractivity contribution in [3.05, 3.63) is 29.6 Å². The molecule has 2 rings (SSSR count). The summed E-state index contributed by atoms with van der Waals surface area (Å²) in [5, 5.41) is 20.5. The van der Waals surface area contributed by atoms with E-state index in [4.69, 9.17) is 10.00 Å². The molecule has 0 bridgehead atoms. The molecule has 1 heterocycles. The van der Waals surface area contributed by atoms with E-state index >= 15 is 0 Å². The smallest absolute Gasteiger partial charge is 0.408 e. The lowest BCUT2D eigenvalue weighted by Crippen LogP contribution is -2.44. The quantitative estimate of drug-likeness (QED) is 0.786. The Kier molecular flexibility index (Phi) is 4.74. The van der Waals surface area contributed by atoms with Crippen LogP contribution in [0.1, 0.15) is 32.2 Å². The second kappa shape index (κ2) is 6.58. The summed E-state index contributed by atoms with van der Waals surface area (Å²) in [6.07, 6.45) is -0.713. The van der Waals surface area contributed by atoms with Crippen LogP contribution >= 0.6 is 0 Å². The van der Waals surface area contributed by atoms with Gasteiger partial charge in [-0.05, 0) is 38.5 Å². The van der Waals surface area contributed by atoms with Crippen LogP contribution in [0.4, 0.5) is 4.79 Å². The number of amides is 1. The van der Waals surface area contributed by atoms with E-state index in [1.165, 1.54) is 0 Å². The Bertz CT molecular complexity index is 814. The molecule has 1 atom stereocenters. The average Bonchev–Trinajstić information content (AvgIpc) is 2.86. The van der Waals surface area contributed by atoms with E-state index in [-0.39, 0.29) is 12.2 Å². The first kappa shape index (κ1) is 17.3. The van der Waals surface area contributed by atoms with Crippen molar-refractivity contribution in [3.8, 4) is 6.07 Å². The standard InChI is InChI=1S/C16H18N4O4/c1-16(2,3)24-15(23)20-12(14(21)22)7-9-4-5-10-11(6-9)19-13(8-17)18-10/h4-6,12H,7H2,1-3H3,(H,18,19)(H,20,23)(H,21,22). The van der Waals surface area contributed by atoms with Crippen molar-refractivity contribution in [2.75, 3.05) is 0 Å². The molecule has 0 radical (unpaired) electrons. The van der Waals surface area contributed by atoms with Crippen molar-refractivity contribution < 1.29 is 19.4 Å². The third-order valence-electron chi connectivity index (χ3n) is 3.08. The molecule has 3 N–H and O–H groups in total. The van der Waals surface area contributed by atoms with Gasteiger partial charge in [0.1, 0.15) is 17.7 Å². The van der Waals surface area contributed by atoms with Crippen LogP contribution in [0.3, 0.4) is 0 Å². The van der Waals surface area contributed by atoms with Gasteiger partial charge in [0.25, 0.3) is 0 Å². The van der Waals surface area contributed by atoms with Crippen LogP contribution in [0, 0.1) is 11.3 Å². The second-order valence-corrected chi connectivity index (χ2v) is 6.29. The first-order chi connectivity index (χ1) is 11.2. The number of nitriles is 1. The summed E-state index contributed by atoms with van der Waals surface area (Å²) in [6.45, 7) is 5.09. The monoisotopic (exact) mass is 330 g/mol. The predicted octanol–water partition coefficient (Wildman–Crippen LogP) is 1.95. The lowest BCUT2D eigenvalue weighted by molar-refractivity contribution is -0.139. The van der Waals surface area contributed by atoms with Gasteiger partial charge in [0.05, 0.1) is 11.0 Å². The first-order valence-corrected chi connectivity index (χ1v) is 7.29. The average molecular weight is 330 g/mol. The summed E-state index contributed by atoms with van der Waals surface area (Å²) in [4.78, 5) is 30.0. The number of nitrogens with zero attached hydrogens (tertiary/aromatic N) is 2. The van der Waals surface area contributed by atoms with Gasteiger partial charge < -0.3 is 20.1 Å². The van der Waals surface area contributed by atoms with Crippen molar-refractivity contribution in [2.45, 2.75) is 38.8 Å². The van der Waals surface area contributed by atoms with E-state index in [1.54, 1.807) is 39.0 Å². The number of imidazole rings is 1. The van der Waals surface area contributed by atoms with Crippen molar-refractivity contribution in [3.63, 3.8) is 0 Å². The number of nitrogens with one attached hydrogen (secondary N) is 2. The highest BCUT2D eigenvalue weighted by Gasteiger charge is 2.24. The van der Waals surface area contributed by atoms with E-state index in [0.29, 0.717) is 16.6 Å². The lowest BCUT2D eigenvalue weighted by Gasteiger charge is -2.22. The summed E-state index contributed by atoms with van der Waals surface area (Å²) < 4.78 is 5.08. The van der Waals surface area contributed by atoms with Gasteiger partial charge in [-0.2, -0.15) is 5.26 Å². The molecule has 1 amide bonds. The number of benzene rings is 1. The number of rotatable bonds is 4. The molecular formula is C16H18N4O4. The summed E-state index contributed by atoms with van der Waals surface area (Å²) in [6, 6.07) is 5.88. The summed E-state index contributed by atoms with van der Waals surface area (Å²) >= 11 is 0. The predicted molar refractivity (Wildman–Crippen MR) is 85.3 cm³/mol. The Hall–Kier alpha value is -3.08. The molecule has 0 aliphatic carbocycles. The number of carboxylic acids is 1. The summed E-state index contributed by atoms with van der Waals surface area (Å²) in [5.41, 5.74) is 1.21. The molecule has 0 saturated heterocycles. The molecular weight excluding hydrogens is 312 g/mol. The number of carbonyl (C=O) groups excluding carboxylic acids is 1. The van der Waals surface area contributed by atoms with E-state index in [0.717, 1.165) is 0 Å². The maximum atomic E-state index is 11.8. The van der Waals surface area contributed by atoms with E-state index in [9.17, 15) is 14.7 Å². The van der Waals surface area contributed by atoms with Gasteiger partial charge in [0.15, 0.2) is 0 Å². The number of H-pyrrole nitrogens is 1. The zero-order chi connectivity index (χ0) is 17.9. The second-order valence-electron chi connectivity index (χ2n) is 6.29. The molecule has 24 heavy (non-hydrogen) atoms. The van der Waals surface area contributed by atoms with Crippen molar-refractivity contribution in [1.29, 1.82) is 5.26 Å². The molecule has 1 aromatic heterocycles. The van der Waals surface area contributed by atoms with Crippen LogP contribution in [0.5, 0.6) is 0 Å². The van der Waals surface area contributed by atoms with Gasteiger partial charge in [-0.15, -0.1) is 0 Å². The Morgan fingerprint density at radius 3 is 2.75 bits per heavy atom. The maximum absolute atomic E-state index is 11.8. The Morgan fingerprint density at radius 1 is 1.46 bits per heavy atom. The maximum Gasteiger partial charge on any atom is 0.408 e.